The fourth-order valence-electron chi connectivity index (χ4n) is 4.83. The molecule has 0 heterocycles. The van der Waals surface area contributed by atoms with Crippen LogP contribution in [0.4, 0.5) is 4.39 Å². The maximum atomic E-state index is 12.6. The highest BCUT2D eigenvalue weighted by atomic mass is 19.1. The van der Waals surface area contributed by atoms with Gasteiger partial charge < -0.3 is 0 Å². The number of nitrogens with zero attached hydrogens (tertiary/aromatic N) is 1. The highest BCUT2D eigenvalue weighted by molar-refractivity contribution is 5.18. The SMILES string of the molecule is CCC1CCC(CCC2CCC(CCC=CC=C(F)C#N)CC2)CC1. The Balaban J connectivity index is 1.54. The molecule has 2 aliphatic rings. The van der Waals surface area contributed by atoms with E-state index in [0.717, 1.165) is 30.1 Å². The molecule has 0 aromatic heterocycles. The second-order valence-electron chi connectivity index (χ2n) is 8.39. The summed E-state index contributed by atoms with van der Waals surface area (Å²) in [6.45, 7) is 2.35. The molecular formula is C23H36FN. The zero-order chi connectivity index (χ0) is 17.9. The summed E-state index contributed by atoms with van der Waals surface area (Å²) in [6, 6.07) is 1.49. The number of hydrogen-bond donors (Lipinski definition) is 0. The standard InChI is InChI=1S/C23H36FN/c1-2-19-8-10-21(11-9-19)16-17-22-14-12-20(13-15-22)6-4-3-5-7-23(24)18-25/h3,5,7,19-22H,2,4,6,8-17H2,1H3. The third-order valence-electron chi connectivity index (χ3n) is 6.72. The summed E-state index contributed by atoms with van der Waals surface area (Å²) in [5.41, 5.74) is 0. The molecule has 0 amide bonds. The summed E-state index contributed by atoms with van der Waals surface area (Å²) >= 11 is 0. The zero-order valence-electron chi connectivity index (χ0n) is 16.1. The Morgan fingerprint density at radius 2 is 1.36 bits per heavy atom. The molecule has 2 aliphatic carbocycles. The quantitative estimate of drug-likeness (QED) is 0.330. The Morgan fingerprint density at radius 1 is 0.880 bits per heavy atom. The molecule has 2 saturated carbocycles. The van der Waals surface area contributed by atoms with Gasteiger partial charge in [-0.2, -0.15) is 9.65 Å². The lowest BCUT2D eigenvalue weighted by atomic mass is 9.74. The van der Waals surface area contributed by atoms with E-state index in [0.29, 0.717) is 0 Å². The van der Waals surface area contributed by atoms with Crippen LogP contribution in [0.1, 0.15) is 90.4 Å². The molecule has 0 spiro atoms. The number of hydrogen-bond acceptors (Lipinski definition) is 1. The van der Waals surface area contributed by atoms with Crippen molar-refractivity contribution in [3.63, 3.8) is 0 Å². The maximum Gasteiger partial charge on any atom is 0.199 e. The summed E-state index contributed by atoms with van der Waals surface area (Å²) in [6.07, 6.45) is 23.0. The fourth-order valence-corrected chi connectivity index (χ4v) is 4.83. The first-order valence-electron chi connectivity index (χ1n) is 10.6. The van der Waals surface area contributed by atoms with Gasteiger partial charge in [-0.05, 0) is 42.6 Å². The van der Waals surface area contributed by atoms with Gasteiger partial charge >= 0.3 is 0 Å². The number of allylic oxidation sites excluding steroid dienone is 4. The van der Waals surface area contributed by atoms with Crippen LogP contribution in [-0.4, -0.2) is 0 Å². The van der Waals surface area contributed by atoms with E-state index in [1.165, 1.54) is 89.2 Å². The Kier molecular flexibility index (Phi) is 9.30. The van der Waals surface area contributed by atoms with E-state index in [9.17, 15) is 4.39 Å². The van der Waals surface area contributed by atoms with Crippen molar-refractivity contribution in [2.75, 3.05) is 0 Å². The number of halogens is 1. The lowest BCUT2D eigenvalue weighted by Gasteiger charge is -2.31. The van der Waals surface area contributed by atoms with Crippen molar-refractivity contribution < 1.29 is 4.39 Å². The highest BCUT2D eigenvalue weighted by Crippen LogP contribution is 2.38. The second kappa shape index (κ2) is 11.5. The molecule has 2 fully saturated rings. The molecule has 0 N–H and O–H groups in total. The van der Waals surface area contributed by atoms with Gasteiger partial charge in [0.15, 0.2) is 5.83 Å². The number of rotatable bonds is 8. The Bertz CT molecular complexity index is 457. The molecule has 0 atom stereocenters. The molecule has 2 heteroatoms. The van der Waals surface area contributed by atoms with Crippen LogP contribution in [0.2, 0.25) is 0 Å². The van der Waals surface area contributed by atoms with Gasteiger partial charge in [-0.1, -0.05) is 89.7 Å². The van der Waals surface area contributed by atoms with Gasteiger partial charge in [-0.25, -0.2) is 0 Å². The van der Waals surface area contributed by atoms with Crippen LogP contribution in [0, 0.1) is 35.0 Å². The van der Waals surface area contributed by atoms with Gasteiger partial charge in [0.05, 0.1) is 0 Å². The minimum Gasteiger partial charge on any atom is -0.195 e. The van der Waals surface area contributed by atoms with Crippen molar-refractivity contribution in [1.29, 1.82) is 5.26 Å². The minimum absolute atomic E-state index is 0.708. The zero-order valence-corrected chi connectivity index (χ0v) is 16.1. The smallest absolute Gasteiger partial charge is 0.195 e. The van der Waals surface area contributed by atoms with E-state index >= 15 is 0 Å². The van der Waals surface area contributed by atoms with Crippen LogP contribution in [0.3, 0.4) is 0 Å². The van der Waals surface area contributed by atoms with Gasteiger partial charge in [0.2, 0.25) is 0 Å². The molecule has 0 bridgehead atoms. The van der Waals surface area contributed by atoms with Gasteiger partial charge in [0.25, 0.3) is 0 Å². The molecule has 0 unspecified atom stereocenters. The molecule has 0 saturated heterocycles. The van der Waals surface area contributed by atoms with E-state index in [1.807, 2.05) is 6.08 Å². The molecule has 0 aromatic rings. The Morgan fingerprint density at radius 3 is 1.84 bits per heavy atom. The molecule has 0 radical (unpaired) electrons. The third kappa shape index (κ3) is 7.76. The van der Waals surface area contributed by atoms with Crippen molar-refractivity contribution in [2.24, 2.45) is 23.7 Å². The Labute approximate surface area is 154 Å². The predicted molar refractivity (Wildman–Crippen MR) is 104 cm³/mol. The molecule has 0 aromatic carbocycles. The largest absolute Gasteiger partial charge is 0.199 e. The molecule has 0 aliphatic heterocycles. The lowest BCUT2D eigenvalue weighted by Crippen LogP contribution is -2.18. The third-order valence-corrected chi connectivity index (χ3v) is 6.72. The molecular weight excluding hydrogens is 309 g/mol. The van der Waals surface area contributed by atoms with Crippen LogP contribution in [0.15, 0.2) is 24.1 Å². The molecule has 25 heavy (non-hydrogen) atoms. The van der Waals surface area contributed by atoms with Crippen molar-refractivity contribution in [1.82, 2.24) is 0 Å². The van der Waals surface area contributed by atoms with Gasteiger partial charge in [-0.15, -0.1) is 0 Å². The van der Waals surface area contributed by atoms with Gasteiger partial charge in [0, 0.05) is 0 Å². The average Bonchev–Trinajstić information content (AvgIpc) is 2.67. The second-order valence-corrected chi connectivity index (χ2v) is 8.39. The van der Waals surface area contributed by atoms with Crippen LogP contribution >= 0.6 is 0 Å². The van der Waals surface area contributed by atoms with E-state index in [-0.39, 0.29) is 0 Å². The molecule has 140 valence electrons. The summed E-state index contributed by atoms with van der Waals surface area (Å²) < 4.78 is 12.6. The lowest BCUT2D eigenvalue weighted by molar-refractivity contribution is 0.212. The summed E-state index contributed by atoms with van der Waals surface area (Å²) in [4.78, 5) is 0. The van der Waals surface area contributed by atoms with Gasteiger partial charge in [-0.3, -0.25) is 0 Å². The first-order valence-corrected chi connectivity index (χ1v) is 10.6. The fraction of sp³-hybridized carbons (Fsp3) is 0.783. The average molecular weight is 346 g/mol. The predicted octanol–water partition coefficient (Wildman–Crippen LogP) is 7.50. The van der Waals surface area contributed by atoms with E-state index in [1.54, 1.807) is 6.08 Å². The van der Waals surface area contributed by atoms with E-state index < -0.39 is 5.83 Å². The summed E-state index contributed by atoms with van der Waals surface area (Å²) in [7, 11) is 0. The summed E-state index contributed by atoms with van der Waals surface area (Å²) in [5, 5.41) is 8.34. The van der Waals surface area contributed by atoms with E-state index in [4.69, 9.17) is 5.26 Å². The molecule has 2 rings (SSSR count). The van der Waals surface area contributed by atoms with Crippen LogP contribution in [-0.2, 0) is 0 Å². The first kappa shape index (κ1) is 20.2. The van der Waals surface area contributed by atoms with Crippen LogP contribution in [0.5, 0.6) is 0 Å². The Hall–Kier alpha value is -1.10. The molecule has 1 nitrogen and oxygen atoms in total. The first-order chi connectivity index (χ1) is 12.2. The highest BCUT2D eigenvalue weighted by Gasteiger charge is 2.24. The van der Waals surface area contributed by atoms with Gasteiger partial charge in [0.1, 0.15) is 6.07 Å². The van der Waals surface area contributed by atoms with Crippen molar-refractivity contribution >= 4 is 0 Å². The van der Waals surface area contributed by atoms with Crippen LogP contribution < -0.4 is 0 Å². The normalized spacial score (nSPS) is 31.2. The van der Waals surface area contributed by atoms with Crippen molar-refractivity contribution in [2.45, 2.75) is 90.4 Å². The topological polar surface area (TPSA) is 23.8 Å². The van der Waals surface area contributed by atoms with Crippen LogP contribution in [0.25, 0.3) is 0 Å². The monoisotopic (exact) mass is 345 g/mol. The number of nitriles is 1. The maximum absolute atomic E-state index is 12.6. The summed E-state index contributed by atoms with van der Waals surface area (Å²) in [5.74, 6) is 3.16. The van der Waals surface area contributed by atoms with E-state index in [2.05, 4.69) is 6.92 Å². The minimum atomic E-state index is -0.708. The van der Waals surface area contributed by atoms with Crippen molar-refractivity contribution in [3.05, 3.63) is 24.1 Å². The van der Waals surface area contributed by atoms with Crippen molar-refractivity contribution in [3.8, 4) is 6.07 Å².